The van der Waals surface area contributed by atoms with E-state index in [1.165, 1.54) is 35.2 Å². The Bertz CT molecular complexity index is 1100. The zero-order valence-corrected chi connectivity index (χ0v) is 17.0. The van der Waals surface area contributed by atoms with Crippen molar-refractivity contribution in [2.24, 2.45) is 0 Å². The average Bonchev–Trinajstić information content (AvgIpc) is 3.66. The molecule has 0 spiro atoms. The minimum Gasteiger partial charge on any atom is -0.323 e. The Morgan fingerprint density at radius 2 is 2.00 bits per heavy atom. The first-order chi connectivity index (χ1) is 14.9. The quantitative estimate of drug-likeness (QED) is 0.552. The van der Waals surface area contributed by atoms with Crippen molar-refractivity contribution in [1.29, 1.82) is 0 Å². The highest BCUT2D eigenvalue weighted by Crippen LogP contribution is 2.46. The fourth-order valence-corrected chi connectivity index (χ4v) is 4.16. The van der Waals surface area contributed by atoms with Gasteiger partial charge in [0.15, 0.2) is 5.16 Å². The molecule has 0 bridgehead atoms. The number of nitrogens with zero attached hydrogens (tertiary/aromatic N) is 6. The van der Waals surface area contributed by atoms with E-state index in [0.717, 1.165) is 43.6 Å². The Labute approximate surface area is 179 Å². The lowest BCUT2D eigenvalue weighted by atomic mass is 10.1. The van der Waals surface area contributed by atoms with Crippen LogP contribution in [0.5, 0.6) is 0 Å². The molecule has 0 aliphatic heterocycles. The summed E-state index contributed by atoms with van der Waals surface area (Å²) in [4.78, 5) is 16.4. The van der Waals surface area contributed by atoms with E-state index in [2.05, 4.69) is 30.2 Å². The molecule has 1 N–H and O–H groups in total. The molecule has 2 aliphatic carbocycles. The number of anilines is 1. The second-order valence-corrected chi connectivity index (χ2v) is 8.57. The minimum absolute atomic E-state index is 0.00254. The molecule has 5 rings (SSSR count). The fourth-order valence-electron chi connectivity index (χ4n) is 3.34. The Balaban J connectivity index is 1.33. The molecule has 0 atom stereocenters. The molecule has 3 aromatic rings. The van der Waals surface area contributed by atoms with Crippen molar-refractivity contribution in [2.45, 2.75) is 49.0 Å². The number of rotatable bonds is 7. The van der Waals surface area contributed by atoms with Gasteiger partial charge < -0.3 is 9.88 Å². The third kappa shape index (κ3) is 4.29. The molecule has 2 fully saturated rings. The molecule has 0 saturated heterocycles. The summed E-state index contributed by atoms with van der Waals surface area (Å²) in [6.07, 6.45) is 2.44. The smallest absolute Gasteiger partial charge is 0.323 e. The summed E-state index contributed by atoms with van der Waals surface area (Å²) in [5, 5.41) is 15.8. The van der Waals surface area contributed by atoms with E-state index in [4.69, 9.17) is 0 Å². The van der Waals surface area contributed by atoms with Crippen LogP contribution in [0.3, 0.4) is 0 Å². The van der Waals surface area contributed by atoms with E-state index in [1.54, 1.807) is 0 Å². The van der Waals surface area contributed by atoms with Crippen LogP contribution in [0, 0.1) is 0 Å². The molecule has 2 heterocycles. The van der Waals surface area contributed by atoms with Gasteiger partial charge >= 0.3 is 6.18 Å². The summed E-state index contributed by atoms with van der Waals surface area (Å²) in [7, 11) is 0. The van der Waals surface area contributed by atoms with E-state index in [1.807, 2.05) is 0 Å². The van der Waals surface area contributed by atoms with Crippen LogP contribution in [-0.2, 0) is 11.0 Å². The van der Waals surface area contributed by atoms with Crippen LogP contribution in [0.15, 0.2) is 36.0 Å². The predicted octanol–water partition coefficient (Wildman–Crippen LogP) is 3.82. The van der Waals surface area contributed by atoms with Crippen LogP contribution in [0.25, 0.3) is 5.69 Å². The summed E-state index contributed by atoms with van der Waals surface area (Å²) in [5.41, 5.74) is -0.559. The minimum atomic E-state index is -4.53. The molecule has 2 aromatic heterocycles. The highest BCUT2D eigenvalue weighted by Gasteiger charge is 2.36. The van der Waals surface area contributed by atoms with E-state index < -0.39 is 17.6 Å². The standard InChI is InChI=1S/C19H18F3N7OS/c20-19(21,22)12-3-6-15(28-10-23-9-24-28)14(7-12)25-16(30)8-31-18-27-26-17(11-1-2-11)29(18)13-4-5-13/h3,6-7,9-11,13H,1-2,4-5,8H2,(H,25,30). The number of aromatic nitrogens is 6. The molecule has 12 heteroatoms. The number of thioether (sulfide) groups is 1. The number of nitrogens with one attached hydrogen (secondary N) is 1. The van der Waals surface area contributed by atoms with Gasteiger partial charge in [0.1, 0.15) is 18.5 Å². The molecular weight excluding hydrogens is 431 g/mol. The van der Waals surface area contributed by atoms with Crippen LogP contribution < -0.4 is 5.32 Å². The van der Waals surface area contributed by atoms with Crippen LogP contribution in [0.2, 0.25) is 0 Å². The van der Waals surface area contributed by atoms with Crippen LogP contribution >= 0.6 is 11.8 Å². The van der Waals surface area contributed by atoms with Crippen LogP contribution in [-0.4, -0.2) is 41.2 Å². The molecule has 1 aromatic carbocycles. The zero-order chi connectivity index (χ0) is 21.6. The third-order valence-electron chi connectivity index (χ3n) is 5.14. The Morgan fingerprint density at radius 3 is 2.65 bits per heavy atom. The van der Waals surface area contributed by atoms with Crippen molar-refractivity contribution in [1.82, 2.24) is 29.5 Å². The van der Waals surface area contributed by atoms with Crippen molar-refractivity contribution < 1.29 is 18.0 Å². The highest BCUT2D eigenvalue weighted by molar-refractivity contribution is 7.99. The van der Waals surface area contributed by atoms with E-state index in [9.17, 15) is 18.0 Å². The zero-order valence-electron chi connectivity index (χ0n) is 16.2. The molecule has 0 radical (unpaired) electrons. The molecule has 8 nitrogen and oxygen atoms in total. The monoisotopic (exact) mass is 449 g/mol. The molecule has 0 unspecified atom stereocenters. The summed E-state index contributed by atoms with van der Waals surface area (Å²) in [6, 6.07) is 3.49. The summed E-state index contributed by atoms with van der Waals surface area (Å²) < 4.78 is 43.0. The van der Waals surface area contributed by atoms with Gasteiger partial charge in [0.25, 0.3) is 0 Å². The van der Waals surface area contributed by atoms with E-state index >= 15 is 0 Å². The number of alkyl halides is 3. The molecular formula is C19H18F3N7OS. The van der Waals surface area contributed by atoms with E-state index in [0.29, 0.717) is 22.8 Å². The number of halogens is 3. The van der Waals surface area contributed by atoms with Gasteiger partial charge in [-0.1, -0.05) is 11.8 Å². The number of benzene rings is 1. The van der Waals surface area contributed by atoms with Gasteiger partial charge in [-0.25, -0.2) is 9.67 Å². The lowest BCUT2D eigenvalue weighted by molar-refractivity contribution is -0.137. The van der Waals surface area contributed by atoms with Crippen molar-refractivity contribution in [3.63, 3.8) is 0 Å². The van der Waals surface area contributed by atoms with Gasteiger partial charge in [-0.2, -0.15) is 18.3 Å². The van der Waals surface area contributed by atoms with Crippen molar-refractivity contribution in [3.05, 3.63) is 42.2 Å². The first-order valence-corrected chi connectivity index (χ1v) is 10.8. The van der Waals surface area contributed by atoms with Crippen LogP contribution in [0.1, 0.15) is 49.0 Å². The molecule has 2 aliphatic rings. The Morgan fingerprint density at radius 1 is 1.19 bits per heavy atom. The summed E-state index contributed by atoms with van der Waals surface area (Å²) in [5.74, 6) is 0.995. The SMILES string of the molecule is O=C(CSc1nnc(C2CC2)n1C1CC1)Nc1cc(C(F)(F)F)ccc1-n1cncn1. The number of carbonyl (C=O) groups is 1. The summed E-state index contributed by atoms with van der Waals surface area (Å²) in [6.45, 7) is 0. The Hall–Kier alpha value is -2.89. The topological polar surface area (TPSA) is 90.5 Å². The number of hydrogen-bond donors (Lipinski definition) is 1. The highest BCUT2D eigenvalue weighted by atomic mass is 32.2. The summed E-state index contributed by atoms with van der Waals surface area (Å²) >= 11 is 1.24. The predicted molar refractivity (Wildman–Crippen MR) is 106 cm³/mol. The van der Waals surface area contributed by atoms with Gasteiger partial charge in [-0.3, -0.25) is 4.79 Å². The van der Waals surface area contributed by atoms with Gasteiger partial charge in [0.2, 0.25) is 5.91 Å². The maximum absolute atomic E-state index is 13.2. The molecule has 2 saturated carbocycles. The van der Waals surface area contributed by atoms with Crippen molar-refractivity contribution >= 4 is 23.4 Å². The lowest BCUT2D eigenvalue weighted by Crippen LogP contribution is -2.17. The Kier molecular flexibility index (Phi) is 4.95. The second-order valence-electron chi connectivity index (χ2n) is 7.62. The third-order valence-corrected chi connectivity index (χ3v) is 6.08. The normalized spacial score (nSPS) is 16.5. The molecule has 31 heavy (non-hydrogen) atoms. The first-order valence-electron chi connectivity index (χ1n) is 9.84. The largest absolute Gasteiger partial charge is 0.416 e. The van der Waals surface area contributed by atoms with Crippen molar-refractivity contribution in [3.8, 4) is 5.69 Å². The average molecular weight is 449 g/mol. The number of hydrogen-bond acceptors (Lipinski definition) is 6. The van der Waals surface area contributed by atoms with Gasteiger partial charge in [-0.15, -0.1) is 10.2 Å². The van der Waals surface area contributed by atoms with Gasteiger partial charge in [-0.05, 0) is 43.9 Å². The first kappa shape index (κ1) is 20.0. The fraction of sp³-hybridized carbons (Fsp3) is 0.421. The number of carbonyl (C=O) groups excluding carboxylic acids is 1. The molecule has 1 amide bonds. The lowest BCUT2D eigenvalue weighted by Gasteiger charge is -2.14. The number of amides is 1. The maximum Gasteiger partial charge on any atom is 0.416 e. The maximum atomic E-state index is 13.2. The van der Waals surface area contributed by atoms with Gasteiger partial charge in [0.05, 0.1) is 22.7 Å². The molecule has 162 valence electrons. The van der Waals surface area contributed by atoms with E-state index in [-0.39, 0.29) is 11.4 Å². The van der Waals surface area contributed by atoms with Gasteiger partial charge in [0, 0.05) is 12.0 Å². The van der Waals surface area contributed by atoms with Crippen LogP contribution in [0.4, 0.5) is 18.9 Å². The van der Waals surface area contributed by atoms with Crippen molar-refractivity contribution in [2.75, 3.05) is 11.1 Å². The second kappa shape index (κ2) is 7.66.